The second kappa shape index (κ2) is 6.50. The van der Waals surface area contributed by atoms with Crippen molar-refractivity contribution >= 4 is 16.9 Å². The molecule has 5 N–H and O–H groups in total. The Bertz CT molecular complexity index is 741. The predicted molar refractivity (Wildman–Crippen MR) is 82.3 cm³/mol. The Kier molecular flexibility index (Phi) is 4.57. The molecule has 0 spiro atoms. The number of carbonyl (C=O) groups is 1. The molecular weight excluding hydrogens is 318 g/mol. The van der Waals surface area contributed by atoms with E-state index in [1.165, 1.54) is 4.57 Å². The second-order valence-electron chi connectivity index (χ2n) is 5.87. The highest BCUT2D eigenvalue weighted by Gasteiger charge is 2.44. The standard InChI is InChI=1S/C16H19NO7/c18-7-11-13(21)14(22)15(23)16(24-11)17-6-8(5-12(19)20)9-3-1-2-4-10(9)17/h1-4,6,11,13-16,18,21-23H,5,7H2,(H,19,20)/t11-,13+,14+,15-,16+/m1/s1. The molecule has 0 aliphatic carbocycles. The van der Waals surface area contributed by atoms with Gasteiger partial charge >= 0.3 is 5.97 Å². The van der Waals surface area contributed by atoms with Gasteiger partial charge in [-0.2, -0.15) is 0 Å². The normalized spacial score (nSPS) is 30.6. The number of aliphatic hydroxyl groups is 4. The van der Waals surface area contributed by atoms with Crippen LogP contribution in [-0.2, 0) is 16.0 Å². The first-order chi connectivity index (χ1) is 11.4. The van der Waals surface area contributed by atoms with Gasteiger partial charge in [-0.15, -0.1) is 0 Å². The van der Waals surface area contributed by atoms with E-state index < -0.39 is 43.2 Å². The van der Waals surface area contributed by atoms with E-state index >= 15 is 0 Å². The topological polar surface area (TPSA) is 132 Å². The molecule has 1 aliphatic rings. The van der Waals surface area contributed by atoms with Crippen molar-refractivity contribution in [1.82, 2.24) is 4.57 Å². The Hall–Kier alpha value is -1.97. The van der Waals surface area contributed by atoms with Crippen LogP contribution in [0, 0.1) is 0 Å². The number of ether oxygens (including phenoxy) is 1. The molecule has 5 atom stereocenters. The first-order valence-corrected chi connectivity index (χ1v) is 7.54. The van der Waals surface area contributed by atoms with Crippen molar-refractivity contribution in [3.8, 4) is 0 Å². The zero-order valence-corrected chi connectivity index (χ0v) is 12.7. The quantitative estimate of drug-likeness (QED) is 0.495. The minimum atomic E-state index is -1.50. The SMILES string of the molecule is O=C(O)Cc1cn([C@H]2O[C@H](CO)[C@H](O)[C@H](O)[C@H]2O)c2ccccc12. The van der Waals surface area contributed by atoms with Crippen LogP contribution in [0.15, 0.2) is 30.5 Å². The van der Waals surface area contributed by atoms with Crippen molar-refractivity contribution in [2.24, 2.45) is 0 Å². The number of benzene rings is 1. The Morgan fingerprint density at radius 1 is 1.12 bits per heavy atom. The molecule has 130 valence electrons. The molecule has 8 heteroatoms. The van der Waals surface area contributed by atoms with Crippen LogP contribution in [0.3, 0.4) is 0 Å². The van der Waals surface area contributed by atoms with Crippen molar-refractivity contribution in [1.29, 1.82) is 0 Å². The van der Waals surface area contributed by atoms with Gasteiger partial charge in [-0.3, -0.25) is 4.79 Å². The summed E-state index contributed by atoms with van der Waals surface area (Å²) in [6.07, 6.45) is -5.12. The molecule has 2 heterocycles. The fourth-order valence-corrected chi connectivity index (χ4v) is 3.10. The Morgan fingerprint density at radius 2 is 1.83 bits per heavy atom. The average Bonchev–Trinajstić information content (AvgIpc) is 2.91. The van der Waals surface area contributed by atoms with E-state index in [4.69, 9.17) is 9.84 Å². The second-order valence-corrected chi connectivity index (χ2v) is 5.87. The maximum Gasteiger partial charge on any atom is 0.307 e. The fraction of sp³-hybridized carbons (Fsp3) is 0.438. The van der Waals surface area contributed by atoms with E-state index in [1.807, 2.05) is 0 Å². The minimum absolute atomic E-state index is 0.203. The van der Waals surface area contributed by atoms with Gasteiger partial charge < -0.3 is 34.8 Å². The summed E-state index contributed by atoms with van der Waals surface area (Å²) in [6, 6.07) is 7.02. The van der Waals surface area contributed by atoms with E-state index in [2.05, 4.69) is 0 Å². The number of carboxylic acids is 1. The summed E-state index contributed by atoms with van der Waals surface area (Å²) in [4.78, 5) is 11.1. The molecule has 1 saturated heterocycles. The Labute approximate surface area is 137 Å². The summed E-state index contributed by atoms with van der Waals surface area (Å²) in [5.41, 5.74) is 1.16. The van der Waals surface area contributed by atoms with E-state index in [9.17, 15) is 25.2 Å². The van der Waals surface area contributed by atoms with Gasteiger partial charge in [0.25, 0.3) is 0 Å². The summed E-state index contributed by atoms with van der Waals surface area (Å²) in [6.45, 7) is -0.525. The molecule has 0 unspecified atom stereocenters. The van der Waals surface area contributed by atoms with E-state index in [0.717, 1.165) is 0 Å². The molecule has 0 bridgehead atoms. The largest absolute Gasteiger partial charge is 0.481 e. The maximum atomic E-state index is 11.1. The van der Waals surface area contributed by atoms with E-state index in [1.54, 1.807) is 30.5 Å². The lowest BCUT2D eigenvalue weighted by molar-refractivity contribution is -0.250. The van der Waals surface area contributed by atoms with Gasteiger partial charge in [-0.25, -0.2) is 0 Å². The van der Waals surface area contributed by atoms with Gasteiger partial charge in [0.05, 0.1) is 18.5 Å². The minimum Gasteiger partial charge on any atom is -0.481 e. The van der Waals surface area contributed by atoms with Gasteiger partial charge in [0.1, 0.15) is 24.4 Å². The van der Waals surface area contributed by atoms with Crippen LogP contribution in [-0.4, -0.2) is 67.1 Å². The molecule has 24 heavy (non-hydrogen) atoms. The smallest absolute Gasteiger partial charge is 0.307 e. The van der Waals surface area contributed by atoms with Crippen molar-refractivity contribution < 1.29 is 35.1 Å². The Balaban J connectivity index is 2.06. The first kappa shape index (κ1) is 16.9. The highest BCUT2D eigenvalue weighted by atomic mass is 16.6. The number of aromatic nitrogens is 1. The van der Waals surface area contributed by atoms with Crippen LogP contribution in [0.2, 0.25) is 0 Å². The molecule has 0 radical (unpaired) electrons. The summed E-state index contributed by atoms with van der Waals surface area (Å²) in [5, 5.41) is 49.2. The van der Waals surface area contributed by atoms with Crippen molar-refractivity contribution in [3.63, 3.8) is 0 Å². The Morgan fingerprint density at radius 3 is 2.50 bits per heavy atom. The van der Waals surface area contributed by atoms with Gasteiger partial charge in [0.2, 0.25) is 0 Å². The third-order valence-electron chi connectivity index (χ3n) is 4.31. The maximum absolute atomic E-state index is 11.1. The number of para-hydroxylation sites is 1. The number of nitrogens with zero attached hydrogens (tertiary/aromatic N) is 1. The summed E-state index contributed by atoms with van der Waals surface area (Å²) >= 11 is 0. The van der Waals surface area contributed by atoms with Crippen molar-refractivity contribution in [2.75, 3.05) is 6.61 Å². The highest BCUT2D eigenvalue weighted by Crippen LogP contribution is 2.33. The zero-order chi connectivity index (χ0) is 17.4. The number of aliphatic hydroxyl groups excluding tert-OH is 4. The third-order valence-corrected chi connectivity index (χ3v) is 4.31. The predicted octanol–water partition coefficient (Wildman–Crippen LogP) is -0.759. The molecule has 0 amide bonds. The van der Waals surface area contributed by atoms with Gasteiger partial charge in [-0.1, -0.05) is 18.2 Å². The lowest BCUT2D eigenvalue weighted by Gasteiger charge is -2.40. The molecule has 0 saturated carbocycles. The summed E-state index contributed by atoms with van der Waals surface area (Å²) in [5.74, 6) is -0.994. The summed E-state index contributed by atoms with van der Waals surface area (Å²) in [7, 11) is 0. The first-order valence-electron chi connectivity index (χ1n) is 7.54. The number of hydrogen-bond donors (Lipinski definition) is 5. The average molecular weight is 337 g/mol. The zero-order valence-electron chi connectivity index (χ0n) is 12.7. The molecular formula is C16H19NO7. The molecule has 8 nitrogen and oxygen atoms in total. The lowest BCUT2D eigenvalue weighted by Crippen LogP contribution is -2.56. The van der Waals surface area contributed by atoms with Gasteiger partial charge in [0, 0.05) is 11.6 Å². The molecule has 1 aromatic carbocycles. The van der Waals surface area contributed by atoms with Crippen LogP contribution in [0.25, 0.3) is 10.9 Å². The van der Waals surface area contributed by atoms with Gasteiger partial charge in [0.15, 0.2) is 6.23 Å². The lowest BCUT2D eigenvalue weighted by atomic mass is 9.98. The number of aliphatic carboxylic acids is 1. The van der Waals surface area contributed by atoms with Crippen LogP contribution < -0.4 is 0 Å². The summed E-state index contributed by atoms with van der Waals surface area (Å²) < 4.78 is 7.07. The molecule has 1 fully saturated rings. The van der Waals surface area contributed by atoms with Gasteiger partial charge in [-0.05, 0) is 11.6 Å². The van der Waals surface area contributed by atoms with E-state index in [-0.39, 0.29) is 6.42 Å². The number of hydrogen-bond acceptors (Lipinski definition) is 6. The number of rotatable bonds is 4. The van der Waals surface area contributed by atoms with Crippen molar-refractivity contribution in [2.45, 2.75) is 37.1 Å². The molecule has 1 aliphatic heterocycles. The fourth-order valence-electron chi connectivity index (χ4n) is 3.10. The van der Waals surface area contributed by atoms with Crippen LogP contribution in [0.4, 0.5) is 0 Å². The van der Waals surface area contributed by atoms with Crippen LogP contribution in [0.1, 0.15) is 11.8 Å². The van der Waals surface area contributed by atoms with Crippen molar-refractivity contribution in [3.05, 3.63) is 36.0 Å². The monoisotopic (exact) mass is 337 g/mol. The number of fused-ring (bicyclic) bond motifs is 1. The van der Waals surface area contributed by atoms with Crippen LogP contribution in [0.5, 0.6) is 0 Å². The molecule has 3 rings (SSSR count). The number of carboxylic acid groups (broad SMARTS) is 1. The highest BCUT2D eigenvalue weighted by molar-refractivity contribution is 5.87. The molecule has 2 aromatic rings. The van der Waals surface area contributed by atoms with E-state index in [0.29, 0.717) is 16.5 Å². The third kappa shape index (κ3) is 2.79. The van der Waals surface area contributed by atoms with Crippen LogP contribution >= 0.6 is 0 Å². The molecule has 1 aromatic heterocycles.